The molecule has 6 heteroatoms. The third-order valence-corrected chi connectivity index (χ3v) is 4.93. The van der Waals surface area contributed by atoms with Crippen molar-refractivity contribution in [2.45, 2.75) is 44.9 Å². The molecule has 2 aromatic heterocycles. The Morgan fingerprint density at radius 2 is 2.10 bits per heavy atom. The van der Waals surface area contributed by atoms with E-state index in [0.29, 0.717) is 31.0 Å². The summed E-state index contributed by atoms with van der Waals surface area (Å²) in [5.74, 6) is 0.237. The molecule has 0 amide bonds. The number of thiophene rings is 1. The molecule has 2 heterocycles. The van der Waals surface area contributed by atoms with Gasteiger partial charge in [-0.05, 0) is 24.3 Å². The maximum atomic E-state index is 11.8. The minimum atomic E-state index is -0.741. The van der Waals surface area contributed by atoms with Gasteiger partial charge in [0.25, 0.3) is 0 Å². The van der Waals surface area contributed by atoms with Gasteiger partial charge in [-0.1, -0.05) is 30.8 Å². The van der Waals surface area contributed by atoms with Crippen LogP contribution in [0.25, 0.3) is 11.4 Å². The zero-order valence-corrected chi connectivity index (χ0v) is 12.6. The van der Waals surface area contributed by atoms with Crippen LogP contribution in [-0.2, 0) is 11.2 Å². The van der Waals surface area contributed by atoms with Gasteiger partial charge in [-0.25, -0.2) is 0 Å². The maximum Gasteiger partial charge on any atom is 0.310 e. The number of carboxylic acids is 1. The summed E-state index contributed by atoms with van der Waals surface area (Å²) >= 11 is 1.57. The lowest BCUT2D eigenvalue weighted by Crippen LogP contribution is -2.33. The van der Waals surface area contributed by atoms with Crippen LogP contribution in [0.3, 0.4) is 0 Å². The Balaban J connectivity index is 1.81. The topological polar surface area (TPSA) is 76.2 Å². The average Bonchev–Trinajstić information content (AvgIpc) is 3.07. The molecule has 5 nitrogen and oxygen atoms in total. The summed E-state index contributed by atoms with van der Waals surface area (Å²) in [6.45, 7) is 0. The molecule has 1 fully saturated rings. The van der Waals surface area contributed by atoms with Gasteiger partial charge in [-0.2, -0.15) is 16.3 Å². The molecule has 1 N–H and O–H groups in total. The summed E-state index contributed by atoms with van der Waals surface area (Å²) in [6.07, 6.45) is 5.85. The van der Waals surface area contributed by atoms with Gasteiger partial charge in [-0.3, -0.25) is 4.79 Å². The smallest absolute Gasteiger partial charge is 0.310 e. The fourth-order valence-electron chi connectivity index (χ4n) is 3.00. The predicted octanol–water partition coefficient (Wildman–Crippen LogP) is 3.77. The Kier molecular flexibility index (Phi) is 4.05. The second-order valence-electron chi connectivity index (χ2n) is 5.70. The van der Waals surface area contributed by atoms with Crippen molar-refractivity contribution in [3.05, 3.63) is 22.7 Å². The Bertz CT molecular complexity index is 598. The maximum absolute atomic E-state index is 11.8. The first-order valence-corrected chi connectivity index (χ1v) is 8.22. The van der Waals surface area contributed by atoms with Gasteiger partial charge in [0.05, 0.1) is 5.41 Å². The Hall–Kier alpha value is -1.69. The molecular formula is C15H18N2O3S. The van der Waals surface area contributed by atoms with Crippen LogP contribution in [0.2, 0.25) is 0 Å². The molecule has 0 spiro atoms. The molecule has 3 rings (SSSR count). The molecule has 21 heavy (non-hydrogen) atoms. The molecule has 1 aliphatic carbocycles. The number of carboxylic acid groups (broad SMARTS) is 1. The van der Waals surface area contributed by atoms with Crippen LogP contribution in [-0.4, -0.2) is 21.2 Å². The van der Waals surface area contributed by atoms with Crippen LogP contribution in [0.4, 0.5) is 0 Å². The molecule has 0 unspecified atom stereocenters. The SMILES string of the molecule is O=C(O)C1(Cc2nc(-c3ccsc3)no2)CCCCCC1. The second kappa shape index (κ2) is 5.97. The highest BCUT2D eigenvalue weighted by molar-refractivity contribution is 7.08. The number of aliphatic carboxylic acids is 1. The third-order valence-electron chi connectivity index (χ3n) is 4.25. The summed E-state index contributed by atoms with van der Waals surface area (Å²) in [4.78, 5) is 16.2. The van der Waals surface area contributed by atoms with E-state index in [-0.39, 0.29) is 0 Å². The number of rotatable bonds is 4. The van der Waals surface area contributed by atoms with Crippen LogP contribution in [0, 0.1) is 5.41 Å². The first-order chi connectivity index (χ1) is 10.2. The largest absolute Gasteiger partial charge is 0.481 e. The zero-order valence-electron chi connectivity index (χ0n) is 11.7. The zero-order chi connectivity index (χ0) is 14.7. The van der Waals surface area contributed by atoms with E-state index in [1.807, 2.05) is 16.8 Å². The van der Waals surface area contributed by atoms with Crippen molar-refractivity contribution in [3.63, 3.8) is 0 Å². The van der Waals surface area contributed by atoms with E-state index in [1.54, 1.807) is 11.3 Å². The van der Waals surface area contributed by atoms with Crippen LogP contribution in [0.5, 0.6) is 0 Å². The number of nitrogens with zero attached hydrogens (tertiary/aromatic N) is 2. The standard InChI is InChI=1S/C15H18N2O3S/c18-14(19)15(6-3-1-2-4-7-15)9-12-16-13(17-20-12)11-5-8-21-10-11/h5,8,10H,1-4,6-7,9H2,(H,18,19). The van der Waals surface area contributed by atoms with Gasteiger partial charge < -0.3 is 9.63 Å². The number of hydrogen-bond donors (Lipinski definition) is 1. The van der Waals surface area contributed by atoms with Gasteiger partial charge in [0.1, 0.15) is 0 Å². The Labute approximate surface area is 127 Å². The van der Waals surface area contributed by atoms with Crippen LogP contribution < -0.4 is 0 Å². The van der Waals surface area contributed by atoms with E-state index < -0.39 is 11.4 Å². The van der Waals surface area contributed by atoms with E-state index in [1.165, 1.54) is 0 Å². The molecule has 0 saturated heterocycles. The number of hydrogen-bond acceptors (Lipinski definition) is 5. The van der Waals surface area contributed by atoms with Crippen molar-refractivity contribution in [2.75, 3.05) is 0 Å². The molecular weight excluding hydrogens is 288 g/mol. The van der Waals surface area contributed by atoms with Crippen molar-refractivity contribution in [1.82, 2.24) is 10.1 Å². The highest BCUT2D eigenvalue weighted by Crippen LogP contribution is 2.38. The van der Waals surface area contributed by atoms with Gasteiger partial charge in [0, 0.05) is 17.4 Å². The van der Waals surface area contributed by atoms with Crippen molar-refractivity contribution < 1.29 is 14.4 Å². The fraction of sp³-hybridized carbons (Fsp3) is 0.533. The molecule has 1 aliphatic rings. The van der Waals surface area contributed by atoms with E-state index in [4.69, 9.17) is 4.52 Å². The van der Waals surface area contributed by atoms with Crippen molar-refractivity contribution in [1.29, 1.82) is 0 Å². The molecule has 0 aromatic carbocycles. The highest BCUT2D eigenvalue weighted by atomic mass is 32.1. The fourth-order valence-corrected chi connectivity index (χ4v) is 3.63. The van der Waals surface area contributed by atoms with E-state index in [9.17, 15) is 9.90 Å². The van der Waals surface area contributed by atoms with Crippen molar-refractivity contribution in [2.24, 2.45) is 5.41 Å². The first-order valence-electron chi connectivity index (χ1n) is 7.28. The highest BCUT2D eigenvalue weighted by Gasteiger charge is 2.40. The average molecular weight is 306 g/mol. The molecule has 112 valence electrons. The van der Waals surface area contributed by atoms with Gasteiger partial charge >= 0.3 is 5.97 Å². The lowest BCUT2D eigenvalue weighted by Gasteiger charge is -2.26. The minimum Gasteiger partial charge on any atom is -0.481 e. The molecule has 0 atom stereocenters. The Morgan fingerprint density at radius 1 is 1.33 bits per heavy atom. The van der Waals surface area contributed by atoms with E-state index in [0.717, 1.165) is 31.2 Å². The van der Waals surface area contributed by atoms with Crippen molar-refractivity contribution >= 4 is 17.3 Å². The van der Waals surface area contributed by atoms with Gasteiger partial charge in [0.15, 0.2) is 0 Å². The quantitative estimate of drug-likeness (QED) is 0.870. The molecule has 0 aliphatic heterocycles. The third kappa shape index (κ3) is 3.00. The molecule has 2 aromatic rings. The normalized spacial score (nSPS) is 18.3. The Morgan fingerprint density at radius 3 is 2.71 bits per heavy atom. The monoisotopic (exact) mass is 306 g/mol. The van der Waals surface area contributed by atoms with Crippen LogP contribution in [0.15, 0.2) is 21.3 Å². The molecule has 0 radical (unpaired) electrons. The number of carbonyl (C=O) groups is 1. The summed E-state index contributed by atoms with van der Waals surface area (Å²) in [7, 11) is 0. The summed E-state index contributed by atoms with van der Waals surface area (Å²) in [6, 6.07) is 1.93. The molecule has 1 saturated carbocycles. The minimum absolute atomic E-state index is 0.333. The lowest BCUT2D eigenvalue weighted by atomic mass is 9.77. The van der Waals surface area contributed by atoms with Crippen molar-refractivity contribution in [3.8, 4) is 11.4 Å². The van der Waals surface area contributed by atoms with E-state index in [2.05, 4.69) is 10.1 Å². The summed E-state index contributed by atoms with van der Waals surface area (Å²) < 4.78 is 5.29. The van der Waals surface area contributed by atoms with Gasteiger partial charge in [0.2, 0.25) is 11.7 Å². The van der Waals surface area contributed by atoms with E-state index >= 15 is 0 Å². The second-order valence-corrected chi connectivity index (χ2v) is 6.48. The van der Waals surface area contributed by atoms with Gasteiger partial charge in [-0.15, -0.1) is 0 Å². The number of aromatic nitrogens is 2. The predicted molar refractivity (Wildman–Crippen MR) is 79.1 cm³/mol. The molecule has 0 bridgehead atoms. The summed E-state index contributed by atoms with van der Waals surface area (Å²) in [5, 5.41) is 17.5. The summed E-state index contributed by atoms with van der Waals surface area (Å²) in [5.41, 5.74) is 0.176. The first kappa shape index (κ1) is 14.3. The van der Waals surface area contributed by atoms with Crippen LogP contribution in [0.1, 0.15) is 44.4 Å². The lowest BCUT2D eigenvalue weighted by molar-refractivity contribution is -0.150. The van der Waals surface area contributed by atoms with Crippen LogP contribution >= 0.6 is 11.3 Å².